The average molecular weight is 435 g/mol. The van der Waals surface area contributed by atoms with Gasteiger partial charge in [-0.15, -0.1) is 0 Å². The second-order valence-electron chi connectivity index (χ2n) is 7.20. The predicted molar refractivity (Wildman–Crippen MR) is 107 cm³/mol. The molecule has 9 heteroatoms. The molecular formula is C22H21F4N3O2. The van der Waals surface area contributed by atoms with Gasteiger partial charge in [-0.3, -0.25) is 4.79 Å². The number of ether oxygens (including phenoxy) is 1. The maximum Gasteiger partial charge on any atom is 0.434 e. The third-order valence-corrected chi connectivity index (χ3v) is 4.44. The third kappa shape index (κ3) is 5.04. The monoisotopic (exact) mass is 435 g/mol. The van der Waals surface area contributed by atoms with Gasteiger partial charge in [0.05, 0.1) is 23.9 Å². The number of nitrogens with one attached hydrogen (secondary N) is 1. The van der Waals surface area contributed by atoms with Crippen molar-refractivity contribution in [2.45, 2.75) is 39.1 Å². The Morgan fingerprint density at radius 1 is 1.10 bits per heavy atom. The van der Waals surface area contributed by atoms with Crippen LogP contribution in [0.5, 0.6) is 5.75 Å². The Labute approximate surface area is 176 Å². The number of halogens is 4. The van der Waals surface area contributed by atoms with Crippen molar-refractivity contribution in [3.8, 4) is 11.4 Å². The maximum atomic E-state index is 14.1. The van der Waals surface area contributed by atoms with Crippen molar-refractivity contribution in [1.82, 2.24) is 15.1 Å². The number of alkyl halides is 3. The summed E-state index contributed by atoms with van der Waals surface area (Å²) in [6, 6.07) is 11.2. The minimum atomic E-state index is -4.93. The molecule has 31 heavy (non-hydrogen) atoms. The minimum absolute atomic E-state index is 0.0567. The van der Waals surface area contributed by atoms with Crippen LogP contribution in [0.3, 0.4) is 0 Å². The lowest BCUT2D eigenvalue weighted by molar-refractivity contribution is -0.143. The van der Waals surface area contributed by atoms with Crippen molar-refractivity contribution >= 4 is 5.91 Å². The van der Waals surface area contributed by atoms with Gasteiger partial charge < -0.3 is 10.1 Å². The Morgan fingerprint density at radius 2 is 1.81 bits per heavy atom. The van der Waals surface area contributed by atoms with E-state index in [4.69, 9.17) is 4.74 Å². The van der Waals surface area contributed by atoms with Crippen LogP contribution in [0.4, 0.5) is 17.6 Å². The molecule has 164 valence electrons. The number of nitrogens with zero attached hydrogens (tertiary/aromatic N) is 2. The van der Waals surface area contributed by atoms with Crippen LogP contribution in [0.2, 0.25) is 0 Å². The highest BCUT2D eigenvalue weighted by atomic mass is 19.4. The number of benzene rings is 2. The van der Waals surface area contributed by atoms with E-state index in [-0.39, 0.29) is 6.10 Å². The molecule has 0 spiro atoms. The van der Waals surface area contributed by atoms with Crippen molar-refractivity contribution in [3.05, 3.63) is 77.4 Å². The predicted octanol–water partition coefficient (Wildman–Crippen LogP) is 5.31. The van der Waals surface area contributed by atoms with Gasteiger partial charge in [0.15, 0.2) is 5.69 Å². The molecule has 0 radical (unpaired) electrons. The van der Waals surface area contributed by atoms with Crippen LogP contribution >= 0.6 is 0 Å². The zero-order valence-electron chi connectivity index (χ0n) is 17.1. The summed E-state index contributed by atoms with van der Waals surface area (Å²) in [5.74, 6) is -1.28. The number of carbonyl (C=O) groups is 1. The van der Waals surface area contributed by atoms with E-state index in [1.807, 2.05) is 13.8 Å². The lowest BCUT2D eigenvalue weighted by Crippen LogP contribution is -2.29. The normalized spacial score (nSPS) is 12.6. The number of amides is 1. The second-order valence-corrected chi connectivity index (χ2v) is 7.20. The number of aromatic nitrogens is 2. The summed E-state index contributed by atoms with van der Waals surface area (Å²) in [7, 11) is 0. The van der Waals surface area contributed by atoms with Crippen LogP contribution < -0.4 is 10.1 Å². The first-order valence-corrected chi connectivity index (χ1v) is 9.55. The Hall–Kier alpha value is -3.36. The third-order valence-electron chi connectivity index (χ3n) is 4.44. The fraction of sp³-hybridized carbons (Fsp3) is 0.273. The molecule has 3 rings (SSSR count). The van der Waals surface area contributed by atoms with E-state index in [2.05, 4.69) is 10.4 Å². The Morgan fingerprint density at radius 3 is 2.45 bits per heavy atom. The van der Waals surface area contributed by atoms with E-state index in [0.29, 0.717) is 16.0 Å². The fourth-order valence-corrected chi connectivity index (χ4v) is 3.08. The van der Waals surface area contributed by atoms with Gasteiger partial charge in [-0.25, -0.2) is 9.07 Å². The molecular weight excluding hydrogens is 414 g/mol. The van der Waals surface area contributed by atoms with E-state index < -0.39 is 40.9 Å². The molecule has 1 aromatic heterocycles. The van der Waals surface area contributed by atoms with Gasteiger partial charge in [0.2, 0.25) is 0 Å². The zero-order valence-corrected chi connectivity index (χ0v) is 17.1. The highest BCUT2D eigenvalue weighted by Gasteiger charge is 2.41. The van der Waals surface area contributed by atoms with Crippen LogP contribution in [-0.2, 0) is 6.18 Å². The lowest BCUT2D eigenvalue weighted by Gasteiger charge is -2.17. The minimum Gasteiger partial charge on any atom is -0.491 e. The topological polar surface area (TPSA) is 56.1 Å². The van der Waals surface area contributed by atoms with Gasteiger partial charge in [0, 0.05) is 0 Å². The molecule has 0 aliphatic heterocycles. The largest absolute Gasteiger partial charge is 0.491 e. The van der Waals surface area contributed by atoms with Crippen LogP contribution in [0.25, 0.3) is 5.69 Å². The van der Waals surface area contributed by atoms with Crippen molar-refractivity contribution in [3.63, 3.8) is 0 Å². The van der Waals surface area contributed by atoms with Gasteiger partial charge in [-0.05, 0) is 50.6 Å². The number of hydrogen-bond donors (Lipinski definition) is 1. The highest BCUT2D eigenvalue weighted by Crippen LogP contribution is 2.34. The molecule has 0 aliphatic rings. The molecule has 1 amide bonds. The molecule has 2 aromatic carbocycles. The SMILES string of the molecule is CC(C)Oc1cccc(C(C)NC(=O)c2cnn(-c3ccccc3F)c2C(F)(F)F)c1. The van der Waals surface area contributed by atoms with Crippen LogP contribution in [0, 0.1) is 5.82 Å². The average Bonchev–Trinajstić information content (AvgIpc) is 3.13. The molecule has 1 atom stereocenters. The van der Waals surface area contributed by atoms with E-state index in [0.717, 1.165) is 18.3 Å². The molecule has 0 aliphatic carbocycles. The van der Waals surface area contributed by atoms with E-state index in [9.17, 15) is 22.4 Å². The van der Waals surface area contributed by atoms with E-state index >= 15 is 0 Å². The Kier molecular flexibility index (Phi) is 6.33. The van der Waals surface area contributed by atoms with Gasteiger partial charge in [0.1, 0.15) is 17.3 Å². The van der Waals surface area contributed by atoms with Crippen LogP contribution in [0.1, 0.15) is 48.4 Å². The van der Waals surface area contributed by atoms with Crippen molar-refractivity contribution in [1.29, 1.82) is 0 Å². The van der Waals surface area contributed by atoms with Crippen LogP contribution in [-0.4, -0.2) is 21.8 Å². The van der Waals surface area contributed by atoms with Crippen molar-refractivity contribution in [2.24, 2.45) is 0 Å². The summed E-state index contributed by atoms with van der Waals surface area (Å²) in [6.07, 6.45) is -4.20. The first kappa shape index (κ1) is 22.3. The Bertz CT molecular complexity index is 1080. The summed E-state index contributed by atoms with van der Waals surface area (Å²) in [5.41, 5.74) is -1.79. The highest BCUT2D eigenvalue weighted by molar-refractivity contribution is 5.95. The molecule has 0 fully saturated rings. The number of para-hydroxylation sites is 1. The molecule has 1 N–H and O–H groups in total. The number of rotatable bonds is 6. The quantitative estimate of drug-likeness (QED) is 0.534. The summed E-state index contributed by atoms with van der Waals surface area (Å²) in [6.45, 7) is 5.37. The van der Waals surface area contributed by atoms with Gasteiger partial charge >= 0.3 is 6.18 Å². The lowest BCUT2D eigenvalue weighted by atomic mass is 10.1. The molecule has 1 heterocycles. The molecule has 5 nitrogen and oxygen atoms in total. The summed E-state index contributed by atoms with van der Waals surface area (Å²) in [5, 5.41) is 6.18. The van der Waals surface area contributed by atoms with Crippen LogP contribution in [0.15, 0.2) is 54.7 Å². The molecule has 0 bridgehead atoms. The van der Waals surface area contributed by atoms with Gasteiger partial charge in [0.25, 0.3) is 5.91 Å². The smallest absolute Gasteiger partial charge is 0.434 e. The zero-order chi connectivity index (χ0) is 22.8. The number of carbonyl (C=O) groups excluding carboxylic acids is 1. The molecule has 0 saturated heterocycles. The first-order chi connectivity index (χ1) is 14.6. The summed E-state index contributed by atoms with van der Waals surface area (Å²) in [4.78, 5) is 12.7. The Balaban J connectivity index is 1.91. The van der Waals surface area contributed by atoms with Crippen molar-refractivity contribution < 1.29 is 27.1 Å². The first-order valence-electron chi connectivity index (χ1n) is 9.55. The molecule has 3 aromatic rings. The molecule has 1 unspecified atom stereocenters. The molecule has 0 saturated carbocycles. The summed E-state index contributed by atoms with van der Waals surface area (Å²) < 4.78 is 61.4. The maximum absolute atomic E-state index is 14.1. The van der Waals surface area contributed by atoms with Gasteiger partial charge in [-0.2, -0.15) is 18.3 Å². The van der Waals surface area contributed by atoms with E-state index in [1.165, 1.54) is 12.1 Å². The summed E-state index contributed by atoms with van der Waals surface area (Å²) >= 11 is 0. The van der Waals surface area contributed by atoms with Gasteiger partial charge in [-0.1, -0.05) is 24.3 Å². The second kappa shape index (κ2) is 8.79. The van der Waals surface area contributed by atoms with E-state index in [1.54, 1.807) is 31.2 Å². The number of hydrogen-bond acceptors (Lipinski definition) is 3. The fourth-order valence-electron chi connectivity index (χ4n) is 3.08. The van der Waals surface area contributed by atoms with Crippen molar-refractivity contribution in [2.75, 3.05) is 0 Å². The standard InChI is InChI=1S/C22H21F4N3O2/c1-13(2)31-16-8-6-7-15(11-16)14(3)28-21(30)17-12-27-29(20(17)22(24,25)26)19-10-5-4-9-18(19)23/h4-14H,1-3H3,(H,28,30).